The first-order valence-corrected chi connectivity index (χ1v) is 6.69. The van der Waals surface area contributed by atoms with Crippen molar-refractivity contribution in [3.63, 3.8) is 0 Å². The van der Waals surface area contributed by atoms with Crippen LogP contribution in [0.25, 0.3) is 0 Å². The predicted molar refractivity (Wildman–Crippen MR) is 49.6 cm³/mol. The van der Waals surface area contributed by atoms with Crippen LogP contribution in [-0.2, 0) is 40.5 Å². The summed E-state index contributed by atoms with van der Waals surface area (Å²) in [4.78, 5) is 0. The first kappa shape index (κ1) is 30.0. The zero-order valence-electron chi connectivity index (χ0n) is 9.35. The van der Waals surface area contributed by atoms with Crippen molar-refractivity contribution in [3.8, 4) is 0 Å². The maximum absolute atomic E-state index is 9.26. The van der Waals surface area contributed by atoms with Gasteiger partial charge in [-0.2, -0.15) is 4.21 Å². The first-order valence-electron chi connectivity index (χ1n) is 1.56. The summed E-state index contributed by atoms with van der Waals surface area (Å²) >= 11 is 3.47. The predicted octanol–water partition coefficient (Wildman–Crippen LogP) is -6.58. The minimum Gasteiger partial charge on any atom is -1.00 e. The van der Waals surface area contributed by atoms with Gasteiger partial charge in [-0.3, -0.25) is 18.2 Å². The molecule has 0 fully saturated rings. The summed E-state index contributed by atoms with van der Waals surface area (Å²) in [7, 11) is -9.01. The molecule has 0 aromatic rings. The van der Waals surface area contributed by atoms with Crippen LogP contribution in [0.4, 0.5) is 0 Å². The Morgan fingerprint density at radius 3 is 1.14 bits per heavy atom. The van der Waals surface area contributed by atoms with E-state index >= 15 is 0 Å². The second-order valence-corrected chi connectivity index (χ2v) is 5.66. The third-order valence-electron chi connectivity index (χ3n) is 0.122. The van der Waals surface area contributed by atoms with Gasteiger partial charge in [0.25, 0.3) is 29.3 Å². The molecule has 8 nitrogen and oxygen atoms in total. The molecule has 0 aromatic heterocycles. The van der Waals surface area contributed by atoms with Crippen LogP contribution in [0, 0.1) is 0 Å². The van der Waals surface area contributed by atoms with Gasteiger partial charge in [-0.1, -0.05) is 0 Å². The van der Waals surface area contributed by atoms with Gasteiger partial charge in [0.1, 0.15) is 0 Å². The van der Waals surface area contributed by atoms with Crippen LogP contribution in [0.5, 0.6) is 0 Å². The summed E-state index contributed by atoms with van der Waals surface area (Å²) in [5.74, 6) is 0. The number of hydrogen-bond donors (Lipinski definition) is 5. The topological polar surface area (TPSA) is 167 Å². The second-order valence-electron chi connectivity index (χ2n) is 0.882. The van der Waals surface area contributed by atoms with E-state index in [1.807, 2.05) is 0 Å². The Bertz CT molecular complexity index is 235. The molecule has 14 heavy (non-hydrogen) atoms. The van der Waals surface area contributed by atoms with Gasteiger partial charge in [0.05, 0.1) is 0 Å². The van der Waals surface area contributed by atoms with Crippen molar-refractivity contribution in [2.24, 2.45) is 0 Å². The Morgan fingerprint density at radius 2 is 1.14 bits per heavy atom. The van der Waals surface area contributed by atoms with Crippen LogP contribution >= 0.6 is 0 Å². The minimum atomic E-state index is -3.83. The third-order valence-corrected chi connectivity index (χ3v) is 1.10. The average Bonchev–Trinajstić information content (AvgIpc) is 1.59. The molecule has 2 atom stereocenters. The van der Waals surface area contributed by atoms with Gasteiger partial charge < -0.3 is 9.00 Å². The molecule has 7 N–H and O–H groups in total. The number of rotatable bonds is 1. The zero-order valence-corrected chi connectivity index (χ0v) is 14.6. The molecule has 0 rings (SSSR count). The van der Waals surface area contributed by atoms with Gasteiger partial charge in [0.15, 0.2) is 0 Å². The van der Waals surface area contributed by atoms with E-state index < -0.39 is 29.3 Å². The largest absolute Gasteiger partial charge is 1.00 e. The van der Waals surface area contributed by atoms with Crippen LogP contribution in [0.2, 0.25) is 0 Å². The molecular formula is H9NNa2O7S4. The van der Waals surface area contributed by atoms with Crippen molar-refractivity contribution < 1.29 is 92.8 Å². The molecule has 0 radical (unpaired) electrons. The molecule has 0 aliphatic carbocycles. The van der Waals surface area contributed by atoms with Crippen LogP contribution < -0.4 is 65.3 Å². The van der Waals surface area contributed by atoms with Crippen molar-refractivity contribution in [2.75, 3.05) is 0 Å². The van der Waals surface area contributed by atoms with Crippen molar-refractivity contribution >= 4 is 40.5 Å². The maximum atomic E-state index is 9.26. The maximum Gasteiger partial charge on any atom is 1.00 e. The SMILES string of the molecule is N.O=S(O)(O)=S.O=S(O)S(=O)O.[H-].[H-].[Na+].[Na+]. The van der Waals surface area contributed by atoms with Crippen LogP contribution in [0.3, 0.4) is 0 Å². The Labute approximate surface area is 137 Å². The Balaban J connectivity index is -0.0000000155. The summed E-state index contributed by atoms with van der Waals surface area (Å²) in [5.41, 5.74) is 0. The van der Waals surface area contributed by atoms with Crippen molar-refractivity contribution in [3.05, 3.63) is 0 Å². The first-order chi connectivity index (χ1) is 4.64. The second kappa shape index (κ2) is 15.5. The molecule has 0 saturated carbocycles. The molecule has 14 heteroatoms. The van der Waals surface area contributed by atoms with E-state index in [2.05, 4.69) is 11.2 Å². The van der Waals surface area contributed by atoms with Crippen LogP contribution in [0.1, 0.15) is 2.85 Å². The van der Waals surface area contributed by atoms with Gasteiger partial charge in [-0.05, 0) is 0 Å². The fourth-order valence-corrected chi connectivity index (χ4v) is 0. The van der Waals surface area contributed by atoms with E-state index in [0.717, 1.165) is 0 Å². The Morgan fingerprint density at radius 1 is 1.07 bits per heavy atom. The van der Waals surface area contributed by atoms with Gasteiger partial charge >= 0.3 is 59.1 Å². The summed E-state index contributed by atoms with van der Waals surface area (Å²) in [6.45, 7) is 0. The van der Waals surface area contributed by atoms with Gasteiger partial charge in [0, 0.05) is 11.2 Å². The standard InChI is InChI=1S/H3N.2Na.H2O4S2.H2O3S2.2H/c;;;1-5(2)6(3)4;1-5(2,3)4;;/h1H3;;;(H,1,2)(H,3,4);(H2,1,2,3,4);;/q;2*+1;;;2*-1. The molecule has 0 aliphatic heterocycles. The van der Waals surface area contributed by atoms with E-state index in [9.17, 15) is 8.42 Å². The van der Waals surface area contributed by atoms with Crippen molar-refractivity contribution in [2.45, 2.75) is 0 Å². The normalized spacial score (nSPS) is 12.6. The van der Waals surface area contributed by atoms with E-state index in [4.69, 9.17) is 22.4 Å². The molecule has 0 spiro atoms. The molecule has 2 unspecified atom stereocenters. The molecule has 0 amide bonds. The van der Waals surface area contributed by atoms with E-state index in [1.165, 1.54) is 0 Å². The average molecular weight is 309 g/mol. The molecule has 82 valence electrons. The van der Waals surface area contributed by atoms with Gasteiger partial charge in [-0.15, -0.1) is 0 Å². The third kappa shape index (κ3) is 62.7. The van der Waals surface area contributed by atoms with E-state index in [1.54, 1.807) is 0 Å². The summed E-state index contributed by atoms with van der Waals surface area (Å²) in [6.07, 6.45) is 0. The monoisotopic (exact) mass is 309 g/mol. The van der Waals surface area contributed by atoms with Gasteiger partial charge in [0.2, 0.25) is 0 Å². The summed E-state index contributed by atoms with van der Waals surface area (Å²) in [6, 6.07) is 0. The molecule has 0 aromatic carbocycles. The molecule has 0 saturated heterocycles. The fourth-order valence-electron chi connectivity index (χ4n) is 0. The Hall–Kier alpha value is 2.47. The van der Waals surface area contributed by atoms with E-state index in [-0.39, 0.29) is 68.1 Å². The van der Waals surface area contributed by atoms with Crippen LogP contribution in [-0.4, -0.2) is 30.8 Å². The van der Waals surface area contributed by atoms with Crippen molar-refractivity contribution in [1.82, 2.24) is 6.15 Å². The van der Waals surface area contributed by atoms with E-state index in [0.29, 0.717) is 0 Å². The minimum absolute atomic E-state index is 0. The van der Waals surface area contributed by atoms with Crippen LogP contribution in [0.15, 0.2) is 0 Å². The molecule has 0 bridgehead atoms. The molecule has 0 aliphatic rings. The van der Waals surface area contributed by atoms with Crippen molar-refractivity contribution in [1.29, 1.82) is 0 Å². The summed E-state index contributed by atoms with van der Waals surface area (Å²) < 4.78 is 57.6. The molecule has 0 heterocycles. The number of hydrogen-bond acceptors (Lipinski definition) is 5. The van der Waals surface area contributed by atoms with Gasteiger partial charge in [-0.25, -0.2) is 8.42 Å². The smallest absolute Gasteiger partial charge is 1.00 e. The Kier molecular flexibility index (Phi) is 33.1. The fraction of sp³-hybridized carbons (Fsp3) is 0. The quantitative estimate of drug-likeness (QED) is 0.180. The summed E-state index contributed by atoms with van der Waals surface area (Å²) in [5, 5.41) is 0. The zero-order chi connectivity index (χ0) is 9.65. The molecular weight excluding hydrogens is 300 g/mol.